The molecular weight excluding hydrogens is 266 g/mol. The number of nitrogens with one attached hydrogen (secondary N) is 1. The van der Waals surface area contributed by atoms with Crippen LogP contribution in [-0.2, 0) is 14.3 Å². The maximum atomic E-state index is 11.9. The summed E-state index contributed by atoms with van der Waals surface area (Å²) in [6, 6.07) is 7.45. The smallest absolute Gasteiger partial charge is 0.332 e. The standard InChI is InChI=1S/C13H15NO4S/c1-19-9-4-2-8(3-5-9)14-12(15)10-6-7-11(18-10)13(16)17/h2-5,10-11H,6-7H2,1H3,(H,14,15)(H,16,17). The predicted molar refractivity (Wildman–Crippen MR) is 72.4 cm³/mol. The van der Waals surface area contributed by atoms with Gasteiger partial charge in [0.05, 0.1) is 0 Å². The quantitative estimate of drug-likeness (QED) is 0.825. The largest absolute Gasteiger partial charge is 0.479 e. The van der Waals surface area contributed by atoms with Gasteiger partial charge in [0, 0.05) is 10.6 Å². The third kappa shape index (κ3) is 3.48. The van der Waals surface area contributed by atoms with Gasteiger partial charge in [0.15, 0.2) is 6.10 Å². The number of rotatable bonds is 4. The summed E-state index contributed by atoms with van der Waals surface area (Å²) in [7, 11) is 0. The van der Waals surface area contributed by atoms with Crippen LogP contribution in [0, 0.1) is 0 Å². The maximum absolute atomic E-state index is 11.9. The van der Waals surface area contributed by atoms with Gasteiger partial charge in [0.25, 0.3) is 5.91 Å². The van der Waals surface area contributed by atoms with E-state index in [1.54, 1.807) is 11.8 Å². The highest BCUT2D eigenvalue weighted by Gasteiger charge is 2.34. The van der Waals surface area contributed by atoms with Crippen molar-refractivity contribution in [1.29, 1.82) is 0 Å². The molecule has 1 heterocycles. The van der Waals surface area contributed by atoms with Gasteiger partial charge in [-0.3, -0.25) is 4.79 Å². The van der Waals surface area contributed by atoms with E-state index in [0.717, 1.165) is 4.90 Å². The second kappa shape index (κ2) is 6.08. The van der Waals surface area contributed by atoms with Crippen LogP contribution in [0.1, 0.15) is 12.8 Å². The molecule has 0 bridgehead atoms. The normalized spacial score (nSPS) is 22.2. The molecule has 0 aromatic heterocycles. The van der Waals surface area contributed by atoms with Crippen LogP contribution < -0.4 is 5.32 Å². The number of carboxylic acids is 1. The van der Waals surface area contributed by atoms with Crippen LogP contribution in [0.15, 0.2) is 29.2 Å². The summed E-state index contributed by atoms with van der Waals surface area (Å²) < 4.78 is 5.19. The number of thioether (sulfide) groups is 1. The first-order chi connectivity index (χ1) is 9.10. The minimum Gasteiger partial charge on any atom is -0.479 e. The molecule has 1 amide bonds. The molecule has 0 saturated carbocycles. The average molecular weight is 281 g/mol. The lowest BCUT2D eigenvalue weighted by Crippen LogP contribution is -2.29. The first kappa shape index (κ1) is 13.9. The SMILES string of the molecule is CSc1ccc(NC(=O)C2CCC(C(=O)O)O2)cc1. The first-order valence-corrected chi connectivity index (χ1v) is 7.16. The molecule has 0 aliphatic carbocycles. The summed E-state index contributed by atoms with van der Waals surface area (Å²) in [5.74, 6) is -1.31. The first-order valence-electron chi connectivity index (χ1n) is 5.93. The number of benzene rings is 1. The molecule has 1 saturated heterocycles. The van der Waals surface area contributed by atoms with Crippen molar-refractivity contribution in [3.8, 4) is 0 Å². The van der Waals surface area contributed by atoms with Crippen molar-refractivity contribution < 1.29 is 19.4 Å². The Morgan fingerprint density at radius 3 is 2.42 bits per heavy atom. The van der Waals surface area contributed by atoms with Crippen molar-refractivity contribution in [1.82, 2.24) is 0 Å². The van der Waals surface area contributed by atoms with Crippen LogP contribution in [0.4, 0.5) is 5.69 Å². The predicted octanol–water partition coefficient (Wildman–Crippen LogP) is 1.98. The van der Waals surface area contributed by atoms with Crippen LogP contribution in [0.25, 0.3) is 0 Å². The van der Waals surface area contributed by atoms with Crippen molar-refractivity contribution >= 4 is 29.3 Å². The molecule has 2 unspecified atom stereocenters. The van der Waals surface area contributed by atoms with Crippen LogP contribution in [0.5, 0.6) is 0 Å². The van der Waals surface area contributed by atoms with Gasteiger partial charge in [-0.25, -0.2) is 4.79 Å². The molecule has 1 aliphatic heterocycles. The molecule has 0 spiro atoms. The van der Waals surface area contributed by atoms with E-state index in [4.69, 9.17) is 9.84 Å². The van der Waals surface area contributed by atoms with Crippen molar-refractivity contribution in [2.75, 3.05) is 11.6 Å². The number of hydrogen-bond donors (Lipinski definition) is 2. The Kier molecular flexibility index (Phi) is 4.44. The lowest BCUT2D eigenvalue weighted by atomic mass is 10.2. The molecule has 19 heavy (non-hydrogen) atoms. The zero-order chi connectivity index (χ0) is 13.8. The molecule has 1 aliphatic rings. The molecule has 102 valence electrons. The third-order valence-corrected chi connectivity index (χ3v) is 3.69. The number of hydrogen-bond acceptors (Lipinski definition) is 4. The fourth-order valence-corrected chi connectivity index (χ4v) is 2.32. The lowest BCUT2D eigenvalue weighted by molar-refractivity contribution is -0.150. The van der Waals surface area contributed by atoms with Crippen LogP contribution in [-0.4, -0.2) is 35.4 Å². The second-order valence-corrected chi connectivity index (χ2v) is 5.13. The Bertz CT molecular complexity index is 474. The average Bonchev–Trinajstić information content (AvgIpc) is 2.89. The van der Waals surface area contributed by atoms with E-state index in [2.05, 4.69) is 5.32 Å². The van der Waals surface area contributed by atoms with E-state index in [-0.39, 0.29) is 5.91 Å². The molecule has 1 fully saturated rings. The summed E-state index contributed by atoms with van der Waals surface area (Å²) in [6.45, 7) is 0. The highest BCUT2D eigenvalue weighted by molar-refractivity contribution is 7.98. The van der Waals surface area contributed by atoms with Crippen molar-refractivity contribution in [2.45, 2.75) is 29.9 Å². The highest BCUT2D eigenvalue weighted by Crippen LogP contribution is 2.22. The number of amides is 1. The van der Waals surface area contributed by atoms with Gasteiger partial charge in [-0.05, 0) is 43.4 Å². The van der Waals surface area contributed by atoms with Crippen LogP contribution in [0.2, 0.25) is 0 Å². The van der Waals surface area contributed by atoms with Crippen LogP contribution >= 0.6 is 11.8 Å². The minimum atomic E-state index is -1.01. The lowest BCUT2D eigenvalue weighted by Gasteiger charge is -2.12. The van der Waals surface area contributed by atoms with Gasteiger partial charge >= 0.3 is 5.97 Å². The molecule has 6 heteroatoms. The molecule has 1 aromatic rings. The summed E-state index contributed by atoms with van der Waals surface area (Å²) >= 11 is 1.62. The Balaban J connectivity index is 1.92. The number of anilines is 1. The molecule has 5 nitrogen and oxygen atoms in total. The number of ether oxygens (including phenoxy) is 1. The molecule has 2 atom stereocenters. The van der Waals surface area contributed by atoms with Gasteiger partial charge in [-0.15, -0.1) is 11.8 Å². The molecular formula is C13H15NO4S. The van der Waals surface area contributed by atoms with Gasteiger partial charge in [-0.2, -0.15) is 0 Å². The van der Waals surface area contributed by atoms with E-state index in [1.165, 1.54) is 0 Å². The van der Waals surface area contributed by atoms with Gasteiger partial charge in [0.1, 0.15) is 6.10 Å². The van der Waals surface area contributed by atoms with Crippen LogP contribution in [0.3, 0.4) is 0 Å². The highest BCUT2D eigenvalue weighted by atomic mass is 32.2. The van der Waals surface area contributed by atoms with Crippen molar-refractivity contribution in [3.63, 3.8) is 0 Å². The Labute approximate surface area is 115 Å². The summed E-state index contributed by atoms with van der Waals surface area (Å²) in [6.07, 6.45) is 1.24. The summed E-state index contributed by atoms with van der Waals surface area (Å²) in [4.78, 5) is 23.8. The van der Waals surface area contributed by atoms with E-state index >= 15 is 0 Å². The number of carbonyl (C=O) groups excluding carboxylic acids is 1. The van der Waals surface area contributed by atoms with E-state index in [9.17, 15) is 9.59 Å². The topological polar surface area (TPSA) is 75.6 Å². The molecule has 2 rings (SSSR count). The Morgan fingerprint density at radius 1 is 1.26 bits per heavy atom. The monoisotopic (exact) mass is 281 g/mol. The van der Waals surface area contributed by atoms with E-state index in [0.29, 0.717) is 18.5 Å². The molecule has 0 radical (unpaired) electrons. The second-order valence-electron chi connectivity index (χ2n) is 4.25. The van der Waals surface area contributed by atoms with Crippen molar-refractivity contribution in [2.24, 2.45) is 0 Å². The summed E-state index contributed by atoms with van der Waals surface area (Å²) in [5, 5.41) is 11.5. The minimum absolute atomic E-state index is 0.291. The third-order valence-electron chi connectivity index (χ3n) is 2.95. The van der Waals surface area contributed by atoms with Gasteiger partial charge < -0.3 is 15.2 Å². The number of aliphatic carboxylic acids is 1. The van der Waals surface area contributed by atoms with E-state index < -0.39 is 18.2 Å². The number of carboxylic acid groups (broad SMARTS) is 1. The van der Waals surface area contributed by atoms with E-state index in [1.807, 2.05) is 30.5 Å². The van der Waals surface area contributed by atoms with Gasteiger partial charge in [-0.1, -0.05) is 0 Å². The molecule has 2 N–H and O–H groups in total. The molecule has 1 aromatic carbocycles. The fraction of sp³-hybridized carbons (Fsp3) is 0.385. The van der Waals surface area contributed by atoms with Gasteiger partial charge in [0.2, 0.25) is 0 Å². The Morgan fingerprint density at radius 2 is 1.89 bits per heavy atom. The zero-order valence-corrected chi connectivity index (χ0v) is 11.3. The Hall–Kier alpha value is -1.53. The van der Waals surface area contributed by atoms with Crippen molar-refractivity contribution in [3.05, 3.63) is 24.3 Å². The fourth-order valence-electron chi connectivity index (χ4n) is 1.91. The zero-order valence-electron chi connectivity index (χ0n) is 10.5. The summed E-state index contributed by atoms with van der Waals surface area (Å²) in [5.41, 5.74) is 0.685. The maximum Gasteiger partial charge on any atom is 0.332 e. The number of carbonyl (C=O) groups is 2.